The van der Waals surface area contributed by atoms with E-state index in [9.17, 15) is 58.3 Å². The van der Waals surface area contributed by atoms with Gasteiger partial charge in [-0.1, -0.05) is 0 Å². The molecule has 0 atom stereocenters. The normalized spacial score (nSPS) is 13.6. The van der Waals surface area contributed by atoms with Crippen LogP contribution in [-0.4, -0.2) is 90.1 Å². The minimum Gasteiger partial charge on any atom is -0.396 e. The second-order valence-electron chi connectivity index (χ2n) is 9.13. The van der Waals surface area contributed by atoms with Crippen LogP contribution in [0.15, 0.2) is 14.4 Å². The Morgan fingerprint density at radius 1 is 0.628 bits per heavy atom. The third-order valence-corrected chi connectivity index (χ3v) is 7.88. The highest BCUT2D eigenvalue weighted by atomic mass is 32.2. The van der Waals surface area contributed by atoms with Crippen molar-refractivity contribution in [3.05, 3.63) is 31.5 Å². The van der Waals surface area contributed by atoms with Gasteiger partial charge in [0.1, 0.15) is 6.54 Å². The lowest BCUT2D eigenvalue weighted by Gasteiger charge is -2.34. The van der Waals surface area contributed by atoms with Crippen LogP contribution in [-0.2, 0) is 24.4 Å². The molecule has 1 heterocycles. The molecule has 0 bridgehead atoms. The third-order valence-electron chi connectivity index (χ3n) is 5.58. The molecule has 0 aliphatic heterocycles. The first kappa shape index (κ1) is 39.3. The molecule has 43 heavy (non-hydrogen) atoms. The van der Waals surface area contributed by atoms with E-state index in [1.807, 2.05) is 0 Å². The Balaban J connectivity index is 3.45. The van der Waals surface area contributed by atoms with Gasteiger partial charge in [-0.15, -0.1) is 0 Å². The molecule has 1 aromatic rings. The van der Waals surface area contributed by atoms with Crippen LogP contribution in [0.3, 0.4) is 0 Å². The standard InChI is InChI=1S/C22H31F10N3O6S2/c1-18(23,24)20(27,28)22(31,32)41-21(29,30)19(25,26)14-35-16(39)33(6-2-10-42-12-4-8-36)15(38)34(17(35)40)7-3-11-43-13-5-9-37/h36-37H,2-14H2,1H3. The van der Waals surface area contributed by atoms with E-state index in [4.69, 9.17) is 10.2 Å². The highest BCUT2D eigenvalue weighted by Gasteiger charge is 2.75. The lowest BCUT2D eigenvalue weighted by atomic mass is 10.2. The quantitative estimate of drug-likeness (QED) is 0.150. The minimum atomic E-state index is -6.84. The van der Waals surface area contributed by atoms with Gasteiger partial charge < -0.3 is 10.2 Å². The van der Waals surface area contributed by atoms with Crippen LogP contribution in [0.1, 0.15) is 32.6 Å². The van der Waals surface area contributed by atoms with Gasteiger partial charge in [0.15, 0.2) is 0 Å². The maximum Gasteiger partial charge on any atom is 0.430 e. The monoisotopic (exact) mass is 687 g/mol. The lowest BCUT2D eigenvalue weighted by Crippen LogP contribution is -2.61. The van der Waals surface area contributed by atoms with Crippen molar-refractivity contribution < 1.29 is 58.9 Å². The number of alkyl halides is 10. The first-order valence-electron chi connectivity index (χ1n) is 12.6. The van der Waals surface area contributed by atoms with Gasteiger partial charge in [-0.2, -0.15) is 67.4 Å². The number of hydrogen-bond acceptors (Lipinski definition) is 8. The largest absolute Gasteiger partial charge is 0.430 e. The van der Waals surface area contributed by atoms with Crippen molar-refractivity contribution in [3.8, 4) is 0 Å². The smallest absolute Gasteiger partial charge is 0.396 e. The first-order chi connectivity index (χ1) is 19.7. The maximum absolute atomic E-state index is 14.6. The summed E-state index contributed by atoms with van der Waals surface area (Å²) in [6.07, 6.45) is -12.6. The highest BCUT2D eigenvalue weighted by molar-refractivity contribution is 7.99. The van der Waals surface area contributed by atoms with Crippen molar-refractivity contribution in [1.29, 1.82) is 0 Å². The molecule has 0 unspecified atom stereocenters. The molecule has 0 saturated heterocycles. The molecule has 0 aliphatic rings. The zero-order chi connectivity index (χ0) is 33.3. The Hall–Kier alpha value is -1.71. The van der Waals surface area contributed by atoms with E-state index in [1.54, 1.807) is 0 Å². The van der Waals surface area contributed by atoms with Crippen molar-refractivity contribution >= 4 is 23.5 Å². The van der Waals surface area contributed by atoms with Crippen LogP contribution < -0.4 is 17.1 Å². The summed E-state index contributed by atoms with van der Waals surface area (Å²) in [5, 5.41) is 17.6. The average Bonchev–Trinajstić information content (AvgIpc) is 2.88. The van der Waals surface area contributed by atoms with E-state index in [-0.39, 0.29) is 46.7 Å². The molecule has 0 aliphatic carbocycles. The summed E-state index contributed by atoms with van der Waals surface area (Å²) >= 11 is 2.54. The zero-order valence-corrected chi connectivity index (χ0v) is 24.3. The van der Waals surface area contributed by atoms with Gasteiger partial charge >= 0.3 is 47.1 Å². The molecule has 252 valence electrons. The van der Waals surface area contributed by atoms with Crippen molar-refractivity contribution in [2.75, 3.05) is 36.2 Å². The molecule has 1 rings (SSSR count). The van der Waals surface area contributed by atoms with Crippen molar-refractivity contribution in [2.45, 2.75) is 82.2 Å². The number of thioether (sulfide) groups is 2. The fraction of sp³-hybridized carbons (Fsp3) is 0.864. The average molecular weight is 688 g/mol. The summed E-state index contributed by atoms with van der Waals surface area (Å²) in [7, 11) is 0. The number of aliphatic hydroxyl groups excluding tert-OH is 2. The zero-order valence-electron chi connectivity index (χ0n) is 22.7. The Kier molecular flexibility index (Phi) is 14.7. The molecule has 2 N–H and O–H groups in total. The van der Waals surface area contributed by atoms with Crippen molar-refractivity contribution in [3.63, 3.8) is 0 Å². The molecular weight excluding hydrogens is 656 g/mol. The van der Waals surface area contributed by atoms with Crippen LogP contribution in [0, 0.1) is 0 Å². The number of aromatic nitrogens is 3. The van der Waals surface area contributed by atoms with Gasteiger partial charge in [0, 0.05) is 33.2 Å². The molecule has 0 spiro atoms. The second-order valence-corrected chi connectivity index (χ2v) is 11.6. The van der Waals surface area contributed by atoms with E-state index >= 15 is 0 Å². The van der Waals surface area contributed by atoms with E-state index < -0.39 is 78.2 Å². The summed E-state index contributed by atoms with van der Waals surface area (Å²) in [6, 6.07) is 0. The van der Waals surface area contributed by atoms with Crippen LogP contribution >= 0.6 is 23.5 Å². The van der Waals surface area contributed by atoms with Crippen molar-refractivity contribution in [1.82, 2.24) is 13.7 Å². The van der Waals surface area contributed by atoms with Gasteiger partial charge in [0.05, 0.1) is 0 Å². The van der Waals surface area contributed by atoms with Crippen molar-refractivity contribution in [2.24, 2.45) is 0 Å². The summed E-state index contributed by atoms with van der Waals surface area (Å²) in [5.74, 6) is -17.0. The predicted octanol–water partition coefficient (Wildman–Crippen LogP) is 3.31. The van der Waals surface area contributed by atoms with E-state index in [0.29, 0.717) is 24.3 Å². The fourth-order valence-electron chi connectivity index (χ4n) is 3.23. The highest BCUT2D eigenvalue weighted by Crippen LogP contribution is 2.50. The van der Waals surface area contributed by atoms with E-state index in [1.165, 1.54) is 23.5 Å². The van der Waals surface area contributed by atoms with Crippen LogP contribution in [0.2, 0.25) is 0 Å². The summed E-state index contributed by atoms with van der Waals surface area (Å²) in [4.78, 5) is 38.5. The van der Waals surface area contributed by atoms with Crippen LogP contribution in [0.4, 0.5) is 43.9 Å². The van der Waals surface area contributed by atoms with E-state index in [2.05, 4.69) is 4.74 Å². The number of halogens is 10. The molecule has 0 aromatic carbocycles. The second kappa shape index (κ2) is 16.0. The molecule has 0 saturated carbocycles. The number of nitrogens with zero attached hydrogens (tertiary/aromatic N) is 3. The Labute approximate surface area is 246 Å². The van der Waals surface area contributed by atoms with Crippen LogP contribution in [0.5, 0.6) is 0 Å². The molecule has 0 fully saturated rings. The Morgan fingerprint density at radius 2 is 1.00 bits per heavy atom. The first-order valence-corrected chi connectivity index (χ1v) is 14.9. The van der Waals surface area contributed by atoms with E-state index in [0.717, 1.165) is 0 Å². The maximum atomic E-state index is 14.6. The summed E-state index contributed by atoms with van der Waals surface area (Å²) < 4.78 is 140. The Bertz CT molecular complexity index is 1150. The van der Waals surface area contributed by atoms with Gasteiger partial charge in [-0.05, 0) is 48.7 Å². The van der Waals surface area contributed by atoms with Crippen LogP contribution in [0.25, 0.3) is 0 Å². The lowest BCUT2D eigenvalue weighted by molar-refractivity contribution is -0.485. The number of rotatable bonds is 21. The van der Waals surface area contributed by atoms with Gasteiger partial charge in [0.2, 0.25) is 0 Å². The Morgan fingerprint density at radius 3 is 1.37 bits per heavy atom. The van der Waals surface area contributed by atoms with Gasteiger partial charge in [-0.3, -0.25) is 0 Å². The molecule has 0 radical (unpaired) electrons. The topological polar surface area (TPSA) is 116 Å². The number of aliphatic hydroxyl groups is 2. The minimum absolute atomic E-state index is 0.0165. The number of hydrogen-bond donors (Lipinski definition) is 2. The molecular formula is C22H31F10N3O6S2. The molecule has 1 aromatic heterocycles. The summed E-state index contributed by atoms with van der Waals surface area (Å²) in [5.41, 5.74) is -5.00. The number of ether oxygens (including phenoxy) is 1. The SMILES string of the molecule is CC(F)(F)C(F)(F)C(F)(F)OC(F)(F)C(F)(F)Cn1c(=O)n(CCCSCCCO)c(=O)n(CCCSCCCO)c1=O. The molecule has 0 amide bonds. The summed E-state index contributed by atoms with van der Waals surface area (Å²) in [6.45, 7) is -4.80. The fourth-order valence-corrected chi connectivity index (χ4v) is 4.97. The third kappa shape index (κ3) is 10.1. The molecule has 21 heteroatoms. The van der Waals surface area contributed by atoms with Gasteiger partial charge in [-0.25, -0.2) is 32.8 Å². The molecule has 9 nitrogen and oxygen atoms in total. The predicted molar refractivity (Wildman–Crippen MR) is 138 cm³/mol. The van der Waals surface area contributed by atoms with Gasteiger partial charge in [0.25, 0.3) is 0 Å².